The monoisotopic (exact) mass is 879 g/mol. The Bertz CT molecular complexity index is 2410. The van der Waals surface area contributed by atoms with E-state index in [0.29, 0.717) is 57.7 Å². The van der Waals surface area contributed by atoms with Gasteiger partial charge in [-0.2, -0.15) is 5.26 Å². The fourth-order valence-electron chi connectivity index (χ4n) is 10.8. The van der Waals surface area contributed by atoms with Gasteiger partial charge in [-0.25, -0.2) is 15.0 Å². The fraction of sp³-hybridized carbons (Fsp3) is 0.510. The molecule has 4 aromatic rings. The standard InChI is InChI=1S/C51H61N9O5/c1-33(2)64-42-20-24-56(25-21-42)39-13-19-45-47(27-39)59(51(62)35-8-14-41(63-3)15-9-35)32-38-7-5-23-54-49(38)60(45)65-43-16-10-36(11-17-43)50(61)58-31-37-6-4-22-53-48(37)55-44-18-12-40(26-46(44)58)57-29-34(28-52)30-57/h4-7,12-13,18-19,22-23,26-27,33-36,41-43H,8-11,14-17,20-21,24-25,29-32H2,1-3H3,(H,53,55). The summed E-state index contributed by atoms with van der Waals surface area (Å²) in [7, 11) is 1.76. The van der Waals surface area contributed by atoms with Crippen molar-refractivity contribution in [3.63, 3.8) is 0 Å². The zero-order valence-electron chi connectivity index (χ0n) is 37.9. The van der Waals surface area contributed by atoms with Gasteiger partial charge in [0.25, 0.3) is 0 Å². The van der Waals surface area contributed by atoms with Gasteiger partial charge in [0.05, 0.1) is 72.2 Å². The van der Waals surface area contributed by atoms with Crippen LogP contribution in [0.15, 0.2) is 73.1 Å². The zero-order chi connectivity index (χ0) is 44.6. The third-order valence-electron chi connectivity index (χ3n) is 14.5. The summed E-state index contributed by atoms with van der Waals surface area (Å²) in [6.07, 6.45) is 11.9. The van der Waals surface area contributed by atoms with Gasteiger partial charge in [-0.1, -0.05) is 12.1 Å². The van der Waals surface area contributed by atoms with Crippen molar-refractivity contribution < 1.29 is 23.9 Å². The molecule has 0 spiro atoms. The first-order valence-electron chi connectivity index (χ1n) is 23.8. The number of methoxy groups -OCH3 is 1. The number of hydrogen-bond donors (Lipinski definition) is 1. The predicted octanol–water partition coefficient (Wildman–Crippen LogP) is 8.80. The number of nitrogens with zero attached hydrogens (tertiary/aromatic N) is 8. The van der Waals surface area contributed by atoms with Crippen LogP contribution in [-0.4, -0.2) is 79.5 Å². The van der Waals surface area contributed by atoms with Crippen LogP contribution in [-0.2, 0) is 37.0 Å². The third kappa shape index (κ3) is 8.86. The topological polar surface area (TPSA) is 140 Å². The van der Waals surface area contributed by atoms with Crippen LogP contribution in [0.2, 0.25) is 0 Å². The van der Waals surface area contributed by atoms with Crippen molar-refractivity contribution in [3.8, 4) is 6.07 Å². The van der Waals surface area contributed by atoms with Gasteiger partial charge in [0.15, 0.2) is 5.82 Å². The molecule has 6 aliphatic rings. The minimum absolute atomic E-state index is 0.0194. The first kappa shape index (κ1) is 43.2. The highest BCUT2D eigenvalue weighted by atomic mass is 16.7. The Morgan fingerprint density at radius 2 is 1.32 bits per heavy atom. The van der Waals surface area contributed by atoms with Crippen molar-refractivity contribution >= 4 is 57.6 Å². The van der Waals surface area contributed by atoms with Gasteiger partial charge in [-0.05, 0) is 127 Å². The number of carbonyl (C=O) groups excluding carboxylic acids is 2. The second-order valence-corrected chi connectivity index (χ2v) is 19.0. The summed E-state index contributed by atoms with van der Waals surface area (Å²) < 4.78 is 11.9. The summed E-state index contributed by atoms with van der Waals surface area (Å²) in [5.41, 5.74) is 7.24. The van der Waals surface area contributed by atoms with Crippen LogP contribution < -0.4 is 30.0 Å². The lowest BCUT2D eigenvalue weighted by Crippen LogP contribution is -2.46. The molecule has 2 amide bonds. The molecule has 65 heavy (non-hydrogen) atoms. The Balaban J connectivity index is 0.907. The average Bonchev–Trinajstić information content (AvgIpc) is 3.57. The van der Waals surface area contributed by atoms with Crippen LogP contribution in [0.5, 0.6) is 0 Å². The molecule has 10 rings (SSSR count). The number of hydrogen-bond acceptors (Lipinski definition) is 12. The van der Waals surface area contributed by atoms with E-state index in [9.17, 15) is 14.9 Å². The molecule has 2 aromatic heterocycles. The van der Waals surface area contributed by atoms with Gasteiger partial charge in [-0.15, -0.1) is 0 Å². The molecule has 0 radical (unpaired) electrons. The molecule has 340 valence electrons. The van der Waals surface area contributed by atoms with E-state index in [1.165, 1.54) is 0 Å². The van der Waals surface area contributed by atoms with Crippen molar-refractivity contribution in [2.45, 2.75) is 116 Å². The minimum Gasteiger partial charge on any atom is -0.381 e. The maximum absolute atomic E-state index is 14.8. The lowest BCUT2D eigenvalue weighted by molar-refractivity contribution is -0.125. The van der Waals surface area contributed by atoms with Crippen molar-refractivity contribution in [1.29, 1.82) is 5.26 Å². The zero-order valence-corrected chi connectivity index (χ0v) is 37.9. The van der Waals surface area contributed by atoms with Crippen LogP contribution >= 0.6 is 0 Å². The molecule has 2 saturated heterocycles. The highest BCUT2D eigenvalue weighted by Gasteiger charge is 2.39. The van der Waals surface area contributed by atoms with E-state index in [2.05, 4.69) is 76.4 Å². The second kappa shape index (κ2) is 18.6. The molecule has 2 saturated carbocycles. The maximum Gasteiger partial charge on any atom is 0.230 e. The van der Waals surface area contributed by atoms with Crippen molar-refractivity contribution in [2.75, 3.05) is 63.3 Å². The Morgan fingerprint density at radius 1 is 0.708 bits per heavy atom. The highest BCUT2D eigenvalue weighted by molar-refractivity contribution is 6.01. The number of fused-ring (bicyclic) bond motifs is 4. The van der Waals surface area contributed by atoms with Crippen LogP contribution in [0.4, 0.5) is 45.8 Å². The molecule has 2 aromatic carbocycles. The predicted molar refractivity (Wildman–Crippen MR) is 252 cm³/mol. The van der Waals surface area contributed by atoms with Gasteiger partial charge < -0.3 is 34.4 Å². The largest absolute Gasteiger partial charge is 0.381 e. The number of nitrogens with one attached hydrogen (secondary N) is 1. The quantitative estimate of drug-likeness (QED) is 0.172. The molecule has 6 heterocycles. The molecule has 14 nitrogen and oxygen atoms in total. The normalized spacial score (nSPS) is 23.5. The smallest absolute Gasteiger partial charge is 0.230 e. The maximum atomic E-state index is 14.8. The van der Waals surface area contributed by atoms with E-state index in [0.717, 1.165) is 103 Å². The molecular weight excluding hydrogens is 819 g/mol. The number of nitriles is 1. The molecule has 1 N–H and O–H groups in total. The van der Waals surface area contributed by atoms with Crippen LogP contribution in [0, 0.1) is 29.1 Å². The fourth-order valence-corrected chi connectivity index (χ4v) is 10.8. The van der Waals surface area contributed by atoms with E-state index >= 15 is 0 Å². The number of benzene rings is 2. The van der Waals surface area contributed by atoms with Crippen LogP contribution in [0.3, 0.4) is 0 Å². The summed E-state index contributed by atoms with van der Waals surface area (Å²) in [5.74, 6) is 1.38. The number of anilines is 8. The van der Waals surface area contributed by atoms with Crippen LogP contribution in [0.25, 0.3) is 0 Å². The average molecular weight is 880 g/mol. The van der Waals surface area contributed by atoms with Crippen molar-refractivity contribution in [1.82, 2.24) is 9.97 Å². The number of piperidine rings is 1. The van der Waals surface area contributed by atoms with Gasteiger partial charge in [0.1, 0.15) is 5.82 Å². The summed E-state index contributed by atoms with van der Waals surface area (Å²) in [6.45, 7) is 8.11. The Kier molecular flexibility index (Phi) is 12.4. The SMILES string of the molecule is COC1CCC(C(=O)N2Cc3cccnc3N(OC3CCC(C(=O)N4Cc5cccnc5Nc5ccc(N6CC(C#N)C6)cc54)CC3)c3ccc(N4CCC(OC(C)C)CC4)cc32)CC1. The van der Waals surface area contributed by atoms with E-state index < -0.39 is 0 Å². The molecule has 0 unspecified atom stereocenters. The molecule has 2 aliphatic carbocycles. The van der Waals surface area contributed by atoms with E-state index in [1.807, 2.05) is 39.1 Å². The number of carbonyl (C=O) groups is 2. The van der Waals surface area contributed by atoms with Gasteiger partial charge in [-0.3, -0.25) is 14.4 Å². The molecule has 0 atom stereocenters. The second-order valence-electron chi connectivity index (χ2n) is 19.0. The van der Waals surface area contributed by atoms with Crippen LogP contribution in [0.1, 0.15) is 89.2 Å². The lowest BCUT2D eigenvalue weighted by atomic mass is 9.86. The molecule has 4 aliphatic heterocycles. The summed E-state index contributed by atoms with van der Waals surface area (Å²) in [5, 5.41) is 14.8. The summed E-state index contributed by atoms with van der Waals surface area (Å²) in [6, 6.07) is 22.9. The molecule has 4 fully saturated rings. The number of rotatable bonds is 9. The van der Waals surface area contributed by atoms with Gasteiger partial charge in [0.2, 0.25) is 11.8 Å². The first-order chi connectivity index (χ1) is 31.7. The number of amides is 2. The Hall–Kier alpha value is -5.75. The molecule has 14 heteroatoms. The van der Waals surface area contributed by atoms with Crippen molar-refractivity contribution in [3.05, 3.63) is 84.2 Å². The molecular formula is C51H61N9O5. The highest BCUT2D eigenvalue weighted by Crippen LogP contribution is 2.46. The van der Waals surface area contributed by atoms with E-state index in [4.69, 9.17) is 19.3 Å². The third-order valence-corrected chi connectivity index (χ3v) is 14.5. The molecule has 0 bridgehead atoms. The lowest BCUT2D eigenvalue weighted by Gasteiger charge is -2.38. The Morgan fingerprint density at radius 3 is 2.02 bits per heavy atom. The van der Waals surface area contributed by atoms with E-state index in [1.54, 1.807) is 19.5 Å². The van der Waals surface area contributed by atoms with Gasteiger partial charge >= 0.3 is 0 Å². The summed E-state index contributed by atoms with van der Waals surface area (Å²) >= 11 is 0. The number of ether oxygens (including phenoxy) is 2. The first-order valence-corrected chi connectivity index (χ1v) is 23.8. The Labute approximate surface area is 382 Å². The number of aromatic nitrogens is 2. The van der Waals surface area contributed by atoms with Crippen molar-refractivity contribution in [2.24, 2.45) is 17.8 Å². The number of pyridine rings is 2. The van der Waals surface area contributed by atoms with E-state index in [-0.39, 0.29) is 54.0 Å². The summed E-state index contributed by atoms with van der Waals surface area (Å²) in [4.78, 5) is 54.8. The minimum atomic E-state index is -0.197. The van der Waals surface area contributed by atoms with Gasteiger partial charge in [0, 0.05) is 80.0 Å².